The summed E-state index contributed by atoms with van der Waals surface area (Å²) in [6.07, 6.45) is 3.19. The van der Waals surface area contributed by atoms with Crippen LogP contribution in [0.2, 0.25) is 0 Å². The molecular weight excluding hydrogens is 276 g/mol. The lowest BCUT2D eigenvalue weighted by molar-refractivity contribution is -0.143. The Balaban J connectivity index is 2.68. The number of hydrogen-bond donors (Lipinski definition) is 0. The van der Waals surface area contributed by atoms with E-state index in [4.69, 9.17) is 16.3 Å². The predicted molar refractivity (Wildman–Crippen MR) is 79.8 cm³/mol. The van der Waals surface area contributed by atoms with Crippen LogP contribution in [0.4, 0.5) is 0 Å². The molecule has 0 N–H and O–H groups in total. The van der Waals surface area contributed by atoms with Crippen LogP contribution in [0.25, 0.3) is 0 Å². The zero-order valence-electron chi connectivity index (χ0n) is 12.0. The van der Waals surface area contributed by atoms with E-state index in [0.29, 0.717) is 18.4 Å². The Morgan fingerprint density at radius 3 is 2.40 bits per heavy atom. The summed E-state index contributed by atoms with van der Waals surface area (Å²) in [5.74, 6) is -1.56. The normalized spacial score (nSPS) is 13.6. The lowest BCUT2D eigenvalue weighted by atomic mass is 9.97. The lowest BCUT2D eigenvalue weighted by Crippen LogP contribution is -2.28. The standard InChI is InChI=1S/C16H21ClO3/c1-3-5-11-13(14(17)4-2)16(19)20-15(18)12-9-7-6-8-10-12/h6-10,13-14H,3-5,11H2,1-2H3. The molecule has 4 heteroatoms. The molecule has 0 saturated carbocycles. The Kier molecular flexibility index (Phi) is 7.31. The number of carbonyl (C=O) groups excluding carboxylic acids is 2. The van der Waals surface area contributed by atoms with Gasteiger partial charge in [0.05, 0.1) is 11.5 Å². The van der Waals surface area contributed by atoms with Crippen molar-refractivity contribution in [2.75, 3.05) is 0 Å². The molecule has 0 fully saturated rings. The highest BCUT2D eigenvalue weighted by Crippen LogP contribution is 2.22. The molecular formula is C16H21ClO3. The fourth-order valence-electron chi connectivity index (χ4n) is 1.96. The summed E-state index contributed by atoms with van der Waals surface area (Å²) in [7, 11) is 0. The second-order valence-electron chi connectivity index (χ2n) is 4.75. The SMILES string of the molecule is CCCCC(C(=O)OC(=O)c1ccccc1)C(Cl)CC. The topological polar surface area (TPSA) is 43.4 Å². The van der Waals surface area contributed by atoms with Crippen LogP contribution in [-0.2, 0) is 9.53 Å². The second-order valence-corrected chi connectivity index (χ2v) is 5.31. The third-order valence-corrected chi connectivity index (χ3v) is 3.81. The monoisotopic (exact) mass is 296 g/mol. The Bertz CT molecular complexity index is 431. The molecule has 110 valence electrons. The number of alkyl halides is 1. The number of benzene rings is 1. The van der Waals surface area contributed by atoms with E-state index in [9.17, 15) is 9.59 Å². The van der Waals surface area contributed by atoms with E-state index in [1.807, 2.05) is 13.8 Å². The number of rotatable bonds is 7. The highest BCUT2D eigenvalue weighted by atomic mass is 35.5. The summed E-state index contributed by atoms with van der Waals surface area (Å²) in [4.78, 5) is 24.0. The molecule has 2 atom stereocenters. The van der Waals surface area contributed by atoms with Gasteiger partial charge in [0.2, 0.25) is 0 Å². The smallest absolute Gasteiger partial charge is 0.345 e. The summed E-state index contributed by atoms with van der Waals surface area (Å²) in [5, 5.41) is -0.294. The van der Waals surface area contributed by atoms with Gasteiger partial charge in [0.25, 0.3) is 0 Å². The van der Waals surface area contributed by atoms with Crippen LogP contribution < -0.4 is 0 Å². The van der Waals surface area contributed by atoms with E-state index in [-0.39, 0.29) is 5.38 Å². The van der Waals surface area contributed by atoms with Crippen molar-refractivity contribution in [1.29, 1.82) is 0 Å². The largest absolute Gasteiger partial charge is 0.389 e. The minimum absolute atomic E-state index is 0.294. The number of unbranched alkanes of at least 4 members (excludes halogenated alkanes) is 1. The number of esters is 2. The van der Waals surface area contributed by atoms with Crippen LogP contribution in [0.1, 0.15) is 49.9 Å². The second kappa shape index (κ2) is 8.75. The van der Waals surface area contributed by atoms with Crippen molar-refractivity contribution in [3.63, 3.8) is 0 Å². The summed E-state index contributed by atoms with van der Waals surface area (Å²) >= 11 is 6.18. The van der Waals surface area contributed by atoms with Crippen molar-refractivity contribution in [1.82, 2.24) is 0 Å². The molecule has 0 amide bonds. The van der Waals surface area contributed by atoms with E-state index < -0.39 is 17.9 Å². The molecule has 0 aliphatic rings. The van der Waals surface area contributed by atoms with Crippen LogP contribution in [-0.4, -0.2) is 17.3 Å². The molecule has 1 aromatic rings. The number of hydrogen-bond acceptors (Lipinski definition) is 3. The Hall–Kier alpha value is -1.35. The first-order valence-corrected chi connectivity index (χ1v) is 7.48. The van der Waals surface area contributed by atoms with Gasteiger partial charge in [-0.05, 0) is 25.0 Å². The molecule has 0 aromatic heterocycles. The molecule has 0 saturated heterocycles. The van der Waals surface area contributed by atoms with Gasteiger partial charge in [-0.15, -0.1) is 11.6 Å². The molecule has 0 aliphatic heterocycles. The van der Waals surface area contributed by atoms with Crippen molar-refractivity contribution in [2.24, 2.45) is 5.92 Å². The first-order valence-electron chi connectivity index (χ1n) is 7.05. The number of ether oxygens (including phenoxy) is 1. The van der Waals surface area contributed by atoms with Gasteiger partial charge in [0.15, 0.2) is 0 Å². The number of halogens is 1. The lowest BCUT2D eigenvalue weighted by Gasteiger charge is -2.18. The van der Waals surface area contributed by atoms with Gasteiger partial charge in [0, 0.05) is 5.38 Å². The van der Waals surface area contributed by atoms with Gasteiger partial charge in [-0.25, -0.2) is 4.79 Å². The van der Waals surface area contributed by atoms with E-state index in [1.165, 1.54) is 0 Å². The number of carbonyl (C=O) groups is 2. The van der Waals surface area contributed by atoms with Gasteiger partial charge in [-0.1, -0.05) is 44.9 Å². The average Bonchev–Trinajstić information content (AvgIpc) is 2.48. The molecule has 1 aromatic carbocycles. The zero-order chi connectivity index (χ0) is 15.0. The van der Waals surface area contributed by atoms with Crippen LogP contribution in [0.5, 0.6) is 0 Å². The molecule has 0 aliphatic carbocycles. The Labute approximate surface area is 125 Å². The maximum atomic E-state index is 12.1. The minimum Gasteiger partial charge on any atom is -0.389 e. The maximum absolute atomic E-state index is 12.1. The molecule has 0 bridgehead atoms. The first kappa shape index (κ1) is 16.7. The van der Waals surface area contributed by atoms with E-state index in [0.717, 1.165) is 12.8 Å². The van der Waals surface area contributed by atoms with Crippen LogP contribution in [0.15, 0.2) is 30.3 Å². The van der Waals surface area contributed by atoms with Gasteiger partial charge >= 0.3 is 11.9 Å². The van der Waals surface area contributed by atoms with Gasteiger partial charge in [-0.2, -0.15) is 0 Å². The Morgan fingerprint density at radius 1 is 1.20 bits per heavy atom. The van der Waals surface area contributed by atoms with Crippen molar-refractivity contribution >= 4 is 23.5 Å². The summed E-state index contributed by atoms with van der Waals surface area (Å²) in [6, 6.07) is 8.50. The summed E-state index contributed by atoms with van der Waals surface area (Å²) < 4.78 is 4.96. The summed E-state index contributed by atoms with van der Waals surface area (Å²) in [6.45, 7) is 3.97. The van der Waals surface area contributed by atoms with Crippen molar-refractivity contribution in [3.05, 3.63) is 35.9 Å². The molecule has 0 heterocycles. The van der Waals surface area contributed by atoms with Gasteiger partial charge in [0.1, 0.15) is 0 Å². The Morgan fingerprint density at radius 2 is 1.85 bits per heavy atom. The minimum atomic E-state index is -0.614. The highest BCUT2D eigenvalue weighted by molar-refractivity contribution is 6.22. The highest BCUT2D eigenvalue weighted by Gasteiger charge is 2.28. The maximum Gasteiger partial charge on any atom is 0.345 e. The third kappa shape index (κ3) is 4.97. The van der Waals surface area contributed by atoms with E-state index in [1.54, 1.807) is 30.3 Å². The van der Waals surface area contributed by atoms with Crippen LogP contribution >= 0.6 is 11.6 Å². The molecule has 0 spiro atoms. The third-order valence-electron chi connectivity index (χ3n) is 3.20. The molecule has 20 heavy (non-hydrogen) atoms. The molecule has 0 radical (unpaired) electrons. The van der Waals surface area contributed by atoms with Crippen molar-refractivity contribution in [3.8, 4) is 0 Å². The van der Waals surface area contributed by atoms with E-state index in [2.05, 4.69) is 0 Å². The fraction of sp³-hybridized carbons (Fsp3) is 0.500. The van der Waals surface area contributed by atoms with Gasteiger partial charge in [-0.3, -0.25) is 4.79 Å². The average molecular weight is 297 g/mol. The van der Waals surface area contributed by atoms with Crippen molar-refractivity contribution < 1.29 is 14.3 Å². The molecule has 2 unspecified atom stereocenters. The molecule has 1 rings (SSSR count). The first-order chi connectivity index (χ1) is 9.60. The van der Waals surface area contributed by atoms with Crippen LogP contribution in [0, 0.1) is 5.92 Å². The quantitative estimate of drug-likeness (QED) is 0.430. The summed E-state index contributed by atoms with van der Waals surface area (Å²) in [5.41, 5.74) is 0.373. The van der Waals surface area contributed by atoms with E-state index >= 15 is 0 Å². The van der Waals surface area contributed by atoms with Gasteiger partial charge < -0.3 is 4.74 Å². The molecule has 3 nitrogen and oxygen atoms in total. The fourth-order valence-corrected chi connectivity index (χ4v) is 2.18. The predicted octanol–water partition coefficient (Wildman–Crippen LogP) is 4.19. The van der Waals surface area contributed by atoms with Crippen molar-refractivity contribution in [2.45, 2.75) is 44.9 Å². The zero-order valence-corrected chi connectivity index (χ0v) is 12.7. The van der Waals surface area contributed by atoms with Crippen LogP contribution in [0.3, 0.4) is 0 Å².